The standard InChI is InChI=1S/C21H24ClN3O4S/c1-30-9-7-14-15-16(19(27)25(18(15)26)10-11-4-3-8-29-11)21(24-14)12-5-2-6-13(22)17(12)23-20(21)28/h2,5-6,11,14-16,24H,3-4,7-10H2,1H3,(H,23,28)/t11-,14+,15+,16-,21-/m0/s1. The molecule has 4 aliphatic heterocycles. The molecule has 1 spiro atoms. The molecule has 0 unspecified atom stereocenters. The van der Waals surface area contributed by atoms with Crippen molar-refractivity contribution in [3.63, 3.8) is 0 Å². The fourth-order valence-electron chi connectivity index (χ4n) is 5.52. The number of para-hydroxylation sites is 1. The summed E-state index contributed by atoms with van der Waals surface area (Å²) in [4.78, 5) is 41.7. The first kappa shape index (κ1) is 20.3. The molecular weight excluding hydrogens is 426 g/mol. The summed E-state index contributed by atoms with van der Waals surface area (Å²) in [5, 5.41) is 6.72. The summed E-state index contributed by atoms with van der Waals surface area (Å²) in [7, 11) is 0. The maximum absolute atomic E-state index is 13.6. The van der Waals surface area contributed by atoms with E-state index in [1.807, 2.05) is 12.3 Å². The number of amides is 3. The number of thioether (sulfide) groups is 1. The van der Waals surface area contributed by atoms with Crippen molar-refractivity contribution >= 4 is 46.8 Å². The van der Waals surface area contributed by atoms with Crippen molar-refractivity contribution in [2.45, 2.75) is 36.9 Å². The van der Waals surface area contributed by atoms with Gasteiger partial charge in [-0.3, -0.25) is 24.6 Å². The van der Waals surface area contributed by atoms with Gasteiger partial charge in [0, 0.05) is 18.2 Å². The number of nitrogens with zero attached hydrogens (tertiary/aromatic N) is 1. The summed E-state index contributed by atoms with van der Waals surface area (Å²) in [6.07, 6.45) is 4.35. The minimum Gasteiger partial charge on any atom is -0.376 e. The number of rotatable bonds is 5. The normalized spacial score (nSPS) is 34.7. The Morgan fingerprint density at radius 3 is 2.87 bits per heavy atom. The van der Waals surface area contributed by atoms with E-state index in [1.54, 1.807) is 23.9 Å². The number of hydrogen-bond acceptors (Lipinski definition) is 6. The third-order valence-electron chi connectivity index (χ3n) is 6.83. The van der Waals surface area contributed by atoms with Gasteiger partial charge in [-0.15, -0.1) is 0 Å². The van der Waals surface area contributed by atoms with Crippen LogP contribution in [0, 0.1) is 11.8 Å². The Morgan fingerprint density at radius 1 is 1.30 bits per heavy atom. The maximum atomic E-state index is 13.6. The van der Waals surface area contributed by atoms with E-state index in [0.717, 1.165) is 18.6 Å². The number of imide groups is 1. The molecule has 0 saturated carbocycles. The average Bonchev–Trinajstić information content (AvgIpc) is 3.47. The molecule has 0 aliphatic carbocycles. The third kappa shape index (κ3) is 2.77. The van der Waals surface area contributed by atoms with Crippen molar-refractivity contribution in [2.24, 2.45) is 11.8 Å². The Bertz CT molecular complexity index is 922. The van der Waals surface area contributed by atoms with Crippen LogP contribution in [0.4, 0.5) is 5.69 Å². The van der Waals surface area contributed by atoms with Gasteiger partial charge >= 0.3 is 0 Å². The quantitative estimate of drug-likeness (QED) is 0.668. The van der Waals surface area contributed by atoms with E-state index in [0.29, 0.717) is 29.3 Å². The summed E-state index contributed by atoms with van der Waals surface area (Å²) in [5.74, 6) is -1.32. The number of benzene rings is 1. The van der Waals surface area contributed by atoms with Crippen LogP contribution in [-0.2, 0) is 24.7 Å². The minimum absolute atomic E-state index is 0.121. The van der Waals surface area contributed by atoms with E-state index in [4.69, 9.17) is 16.3 Å². The fraction of sp³-hybridized carbons (Fsp3) is 0.571. The average molecular weight is 450 g/mol. The fourth-order valence-corrected chi connectivity index (χ4v) is 6.23. The Morgan fingerprint density at radius 2 is 2.13 bits per heavy atom. The zero-order chi connectivity index (χ0) is 21.0. The highest BCUT2D eigenvalue weighted by Gasteiger charge is 2.70. The van der Waals surface area contributed by atoms with E-state index in [2.05, 4.69) is 10.6 Å². The second-order valence-electron chi connectivity index (χ2n) is 8.38. The number of hydrogen-bond donors (Lipinski definition) is 2. The molecule has 3 saturated heterocycles. The van der Waals surface area contributed by atoms with Crippen molar-refractivity contribution in [3.8, 4) is 0 Å². The number of halogens is 1. The Kier molecular flexibility index (Phi) is 5.08. The van der Waals surface area contributed by atoms with Gasteiger partial charge in [-0.2, -0.15) is 11.8 Å². The summed E-state index contributed by atoms with van der Waals surface area (Å²) in [5.41, 5.74) is -0.0908. The van der Waals surface area contributed by atoms with Crippen LogP contribution in [0.25, 0.3) is 0 Å². The lowest BCUT2D eigenvalue weighted by Gasteiger charge is -2.30. The SMILES string of the molecule is CSCC[C@H]1N[C@]2(C(=O)Nc3c(Cl)cccc32)[C@@H]2C(=O)N(C[C@@H]3CCCO3)C(=O)[C@@H]21. The molecule has 4 aliphatic rings. The number of carbonyl (C=O) groups excluding carboxylic acids is 3. The van der Waals surface area contributed by atoms with Crippen molar-refractivity contribution in [1.29, 1.82) is 0 Å². The van der Waals surface area contributed by atoms with Crippen LogP contribution in [-0.4, -0.2) is 59.9 Å². The molecule has 4 heterocycles. The predicted octanol–water partition coefficient (Wildman–Crippen LogP) is 1.99. The molecule has 5 atom stereocenters. The highest BCUT2D eigenvalue weighted by atomic mass is 35.5. The smallest absolute Gasteiger partial charge is 0.250 e. The van der Waals surface area contributed by atoms with Crippen LogP contribution >= 0.6 is 23.4 Å². The van der Waals surface area contributed by atoms with Gasteiger partial charge in [-0.1, -0.05) is 23.7 Å². The molecule has 1 aromatic carbocycles. The topological polar surface area (TPSA) is 87.7 Å². The van der Waals surface area contributed by atoms with Crippen LogP contribution in [0.3, 0.4) is 0 Å². The molecule has 2 N–H and O–H groups in total. The van der Waals surface area contributed by atoms with Crippen molar-refractivity contribution < 1.29 is 19.1 Å². The molecule has 9 heteroatoms. The second-order valence-corrected chi connectivity index (χ2v) is 9.78. The molecule has 160 valence electrons. The summed E-state index contributed by atoms with van der Waals surface area (Å²) >= 11 is 8.02. The number of ether oxygens (including phenoxy) is 1. The van der Waals surface area contributed by atoms with Gasteiger partial charge in [0.15, 0.2) is 0 Å². The lowest BCUT2D eigenvalue weighted by atomic mass is 9.76. The zero-order valence-corrected chi connectivity index (χ0v) is 18.2. The largest absolute Gasteiger partial charge is 0.376 e. The van der Waals surface area contributed by atoms with Crippen LogP contribution in [0.15, 0.2) is 18.2 Å². The first-order valence-electron chi connectivity index (χ1n) is 10.3. The van der Waals surface area contributed by atoms with E-state index in [-0.39, 0.29) is 36.4 Å². The van der Waals surface area contributed by atoms with Crippen molar-refractivity contribution in [1.82, 2.24) is 10.2 Å². The van der Waals surface area contributed by atoms with Gasteiger partial charge < -0.3 is 10.1 Å². The van der Waals surface area contributed by atoms with Crippen LogP contribution in [0.1, 0.15) is 24.8 Å². The number of anilines is 1. The summed E-state index contributed by atoms with van der Waals surface area (Å²) in [6.45, 7) is 0.921. The van der Waals surface area contributed by atoms with E-state index < -0.39 is 17.4 Å². The molecule has 5 rings (SSSR count). The highest BCUT2D eigenvalue weighted by Crippen LogP contribution is 2.54. The number of nitrogens with one attached hydrogen (secondary N) is 2. The monoisotopic (exact) mass is 449 g/mol. The van der Waals surface area contributed by atoms with Crippen LogP contribution < -0.4 is 10.6 Å². The van der Waals surface area contributed by atoms with Crippen molar-refractivity contribution in [2.75, 3.05) is 30.5 Å². The van der Waals surface area contributed by atoms with Crippen LogP contribution in [0.2, 0.25) is 5.02 Å². The Balaban J connectivity index is 1.57. The summed E-state index contributed by atoms with van der Waals surface area (Å²) in [6, 6.07) is 5.05. The van der Waals surface area contributed by atoms with Gasteiger partial charge in [0.2, 0.25) is 17.7 Å². The molecule has 3 amide bonds. The van der Waals surface area contributed by atoms with Gasteiger partial charge in [0.25, 0.3) is 0 Å². The first-order valence-corrected chi connectivity index (χ1v) is 12.1. The predicted molar refractivity (Wildman–Crippen MR) is 114 cm³/mol. The zero-order valence-electron chi connectivity index (χ0n) is 16.7. The maximum Gasteiger partial charge on any atom is 0.250 e. The van der Waals surface area contributed by atoms with Crippen molar-refractivity contribution in [3.05, 3.63) is 28.8 Å². The lowest BCUT2D eigenvalue weighted by molar-refractivity contribution is -0.144. The number of likely N-dealkylation sites (tertiary alicyclic amines) is 1. The van der Waals surface area contributed by atoms with Gasteiger partial charge in [0.1, 0.15) is 5.54 Å². The number of carbonyl (C=O) groups is 3. The molecule has 7 nitrogen and oxygen atoms in total. The minimum atomic E-state index is -1.27. The molecule has 30 heavy (non-hydrogen) atoms. The highest BCUT2D eigenvalue weighted by molar-refractivity contribution is 7.98. The molecule has 1 aromatic rings. The Labute approximate surface area is 184 Å². The molecule has 0 bridgehead atoms. The van der Waals surface area contributed by atoms with Crippen LogP contribution in [0.5, 0.6) is 0 Å². The van der Waals surface area contributed by atoms with Gasteiger partial charge in [-0.05, 0) is 37.3 Å². The lowest BCUT2D eigenvalue weighted by Crippen LogP contribution is -2.53. The summed E-state index contributed by atoms with van der Waals surface area (Å²) < 4.78 is 5.67. The first-order chi connectivity index (χ1) is 14.5. The second kappa shape index (κ2) is 7.51. The van der Waals surface area contributed by atoms with E-state index in [1.165, 1.54) is 4.90 Å². The Hall–Kier alpha value is -1.61. The molecular formula is C21H24ClN3O4S. The third-order valence-corrected chi connectivity index (χ3v) is 7.79. The van der Waals surface area contributed by atoms with E-state index >= 15 is 0 Å². The molecule has 0 radical (unpaired) electrons. The van der Waals surface area contributed by atoms with Gasteiger partial charge in [-0.25, -0.2) is 0 Å². The number of fused-ring (bicyclic) bond motifs is 4. The van der Waals surface area contributed by atoms with Gasteiger partial charge in [0.05, 0.1) is 35.2 Å². The molecule has 0 aromatic heterocycles. The molecule has 3 fully saturated rings. The van der Waals surface area contributed by atoms with E-state index in [9.17, 15) is 14.4 Å².